The summed E-state index contributed by atoms with van der Waals surface area (Å²) in [7, 11) is 0. The first-order chi connectivity index (χ1) is 9.08. The van der Waals surface area contributed by atoms with Crippen molar-refractivity contribution in [3.63, 3.8) is 0 Å². The Morgan fingerprint density at radius 1 is 1.42 bits per heavy atom. The second kappa shape index (κ2) is 7.89. The molecule has 0 aliphatic rings. The van der Waals surface area contributed by atoms with Gasteiger partial charge in [0.1, 0.15) is 5.82 Å². The molecule has 1 unspecified atom stereocenters. The molecule has 0 spiro atoms. The zero-order chi connectivity index (χ0) is 14.3. The van der Waals surface area contributed by atoms with E-state index in [1.165, 1.54) is 12.1 Å². The number of esters is 1. The lowest BCUT2D eigenvalue weighted by Crippen LogP contribution is -2.26. The van der Waals surface area contributed by atoms with E-state index in [-0.39, 0.29) is 24.2 Å². The molecule has 0 amide bonds. The molecule has 106 valence electrons. The molecular weight excluding hydrogens is 245 g/mol. The summed E-state index contributed by atoms with van der Waals surface area (Å²) in [5.74, 6) is -0.549. The van der Waals surface area contributed by atoms with Crippen LogP contribution < -0.4 is 5.32 Å². The lowest BCUT2D eigenvalue weighted by molar-refractivity contribution is -0.143. The number of hydrogen-bond acceptors (Lipinski definition) is 3. The second-order valence-corrected chi connectivity index (χ2v) is 4.52. The third-order valence-corrected chi connectivity index (χ3v) is 2.93. The standard InChI is InChI=1S/C15H22FNO2/c1-4-8-17-14(10-15(18)19-5-2)13-9-12(16)7-6-11(13)3/h6-7,9,14,17H,4-5,8,10H2,1-3H3. The zero-order valence-electron chi connectivity index (χ0n) is 11.8. The highest BCUT2D eigenvalue weighted by Crippen LogP contribution is 2.22. The third-order valence-electron chi connectivity index (χ3n) is 2.93. The summed E-state index contributed by atoms with van der Waals surface area (Å²) in [6.07, 6.45) is 1.17. The fourth-order valence-corrected chi connectivity index (χ4v) is 1.98. The molecule has 0 aromatic heterocycles. The normalized spacial score (nSPS) is 12.2. The minimum Gasteiger partial charge on any atom is -0.466 e. The highest BCUT2D eigenvalue weighted by Gasteiger charge is 2.18. The number of aryl methyl sites for hydroxylation is 1. The van der Waals surface area contributed by atoms with Crippen LogP contribution in [-0.2, 0) is 9.53 Å². The van der Waals surface area contributed by atoms with Gasteiger partial charge in [-0.25, -0.2) is 4.39 Å². The molecule has 0 fully saturated rings. The van der Waals surface area contributed by atoms with Crippen LogP contribution in [-0.4, -0.2) is 19.1 Å². The van der Waals surface area contributed by atoms with Gasteiger partial charge >= 0.3 is 5.97 Å². The minimum atomic E-state index is -0.284. The van der Waals surface area contributed by atoms with Crippen LogP contribution in [0.3, 0.4) is 0 Å². The minimum absolute atomic E-state index is 0.199. The zero-order valence-corrected chi connectivity index (χ0v) is 11.8. The van der Waals surface area contributed by atoms with Gasteiger partial charge in [0.25, 0.3) is 0 Å². The Hall–Kier alpha value is -1.42. The van der Waals surface area contributed by atoms with Crippen molar-refractivity contribution in [2.45, 2.75) is 39.7 Å². The predicted molar refractivity (Wildman–Crippen MR) is 73.4 cm³/mol. The lowest BCUT2D eigenvalue weighted by atomic mass is 9.98. The third kappa shape index (κ3) is 4.99. The van der Waals surface area contributed by atoms with E-state index in [1.54, 1.807) is 13.0 Å². The Bertz CT molecular complexity index is 421. The summed E-state index contributed by atoms with van der Waals surface area (Å²) in [5, 5.41) is 3.28. The van der Waals surface area contributed by atoms with E-state index in [2.05, 4.69) is 5.32 Å². The number of carbonyl (C=O) groups excluding carboxylic acids is 1. The second-order valence-electron chi connectivity index (χ2n) is 4.52. The van der Waals surface area contributed by atoms with Gasteiger partial charge in [-0.05, 0) is 50.1 Å². The summed E-state index contributed by atoms with van der Waals surface area (Å²) in [5.41, 5.74) is 1.79. The van der Waals surface area contributed by atoms with Gasteiger partial charge in [0.2, 0.25) is 0 Å². The van der Waals surface area contributed by atoms with E-state index in [1.807, 2.05) is 13.8 Å². The lowest BCUT2D eigenvalue weighted by Gasteiger charge is -2.20. The van der Waals surface area contributed by atoms with Crippen molar-refractivity contribution >= 4 is 5.97 Å². The number of halogens is 1. The van der Waals surface area contributed by atoms with Gasteiger partial charge in [-0.2, -0.15) is 0 Å². The molecule has 4 heteroatoms. The van der Waals surface area contributed by atoms with Crippen molar-refractivity contribution in [2.75, 3.05) is 13.2 Å². The first-order valence-corrected chi connectivity index (χ1v) is 6.73. The smallest absolute Gasteiger partial charge is 0.307 e. The maximum Gasteiger partial charge on any atom is 0.307 e. The van der Waals surface area contributed by atoms with Gasteiger partial charge in [-0.1, -0.05) is 13.0 Å². The summed E-state index contributed by atoms with van der Waals surface area (Å²) < 4.78 is 18.3. The van der Waals surface area contributed by atoms with Gasteiger partial charge in [0.15, 0.2) is 0 Å². The molecule has 0 heterocycles. The van der Waals surface area contributed by atoms with Crippen molar-refractivity contribution < 1.29 is 13.9 Å². The summed E-state index contributed by atoms with van der Waals surface area (Å²) >= 11 is 0. The van der Waals surface area contributed by atoms with Crippen molar-refractivity contribution in [3.05, 3.63) is 35.1 Å². The largest absolute Gasteiger partial charge is 0.466 e. The van der Waals surface area contributed by atoms with Crippen molar-refractivity contribution in [2.24, 2.45) is 0 Å². The SMILES string of the molecule is CCCNC(CC(=O)OCC)c1cc(F)ccc1C. The highest BCUT2D eigenvalue weighted by atomic mass is 19.1. The molecule has 3 nitrogen and oxygen atoms in total. The van der Waals surface area contributed by atoms with Gasteiger partial charge in [-0.3, -0.25) is 4.79 Å². The summed E-state index contributed by atoms with van der Waals surface area (Å²) in [4.78, 5) is 11.6. The van der Waals surface area contributed by atoms with E-state index in [0.29, 0.717) is 6.61 Å². The van der Waals surface area contributed by atoms with Crippen LogP contribution in [0.4, 0.5) is 4.39 Å². The summed E-state index contributed by atoms with van der Waals surface area (Å²) in [6, 6.07) is 4.45. The van der Waals surface area contributed by atoms with E-state index < -0.39 is 0 Å². The Kier molecular flexibility index (Phi) is 6.50. The predicted octanol–water partition coefficient (Wildman–Crippen LogP) is 3.13. The highest BCUT2D eigenvalue weighted by molar-refractivity contribution is 5.70. The molecule has 1 aromatic carbocycles. The molecule has 1 N–H and O–H groups in total. The number of nitrogens with one attached hydrogen (secondary N) is 1. The first-order valence-electron chi connectivity index (χ1n) is 6.73. The maximum atomic E-state index is 13.4. The molecule has 1 rings (SSSR count). The number of benzene rings is 1. The van der Waals surface area contributed by atoms with Crippen molar-refractivity contribution in [3.8, 4) is 0 Å². The van der Waals surface area contributed by atoms with Crippen LogP contribution in [0, 0.1) is 12.7 Å². The van der Waals surface area contributed by atoms with E-state index in [0.717, 1.165) is 24.1 Å². The average Bonchev–Trinajstić information content (AvgIpc) is 2.38. The Morgan fingerprint density at radius 2 is 2.16 bits per heavy atom. The topological polar surface area (TPSA) is 38.3 Å². The number of ether oxygens (including phenoxy) is 1. The maximum absolute atomic E-state index is 13.4. The molecular formula is C15H22FNO2. The molecule has 0 aliphatic heterocycles. The molecule has 1 atom stereocenters. The van der Waals surface area contributed by atoms with Crippen LogP contribution in [0.1, 0.15) is 43.9 Å². The molecule has 0 bridgehead atoms. The number of rotatable bonds is 7. The monoisotopic (exact) mass is 267 g/mol. The average molecular weight is 267 g/mol. The van der Waals surface area contributed by atoms with Gasteiger partial charge < -0.3 is 10.1 Å². The fraction of sp³-hybridized carbons (Fsp3) is 0.533. The van der Waals surface area contributed by atoms with Crippen LogP contribution in [0.5, 0.6) is 0 Å². The van der Waals surface area contributed by atoms with Crippen molar-refractivity contribution in [1.82, 2.24) is 5.32 Å². The molecule has 0 aliphatic carbocycles. The molecule has 0 saturated carbocycles. The van der Waals surface area contributed by atoms with Crippen LogP contribution >= 0.6 is 0 Å². The van der Waals surface area contributed by atoms with Gasteiger partial charge in [-0.15, -0.1) is 0 Å². The van der Waals surface area contributed by atoms with Crippen LogP contribution in [0.25, 0.3) is 0 Å². The van der Waals surface area contributed by atoms with Crippen molar-refractivity contribution in [1.29, 1.82) is 0 Å². The number of hydrogen-bond donors (Lipinski definition) is 1. The quantitative estimate of drug-likeness (QED) is 0.771. The molecule has 0 radical (unpaired) electrons. The first kappa shape index (κ1) is 15.6. The van der Waals surface area contributed by atoms with Crippen LogP contribution in [0.2, 0.25) is 0 Å². The van der Waals surface area contributed by atoms with Gasteiger partial charge in [0.05, 0.1) is 13.0 Å². The summed E-state index contributed by atoms with van der Waals surface area (Å²) in [6.45, 7) is 6.88. The molecule has 1 aromatic rings. The molecule has 19 heavy (non-hydrogen) atoms. The van der Waals surface area contributed by atoms with E-state index in [4.69, 9.17) is 4.74 Å². The molecule has 0 saturated heterocycles. The van der Waals surface area contributed by atoms with Gasteiger partial charge in [0, 0.05) is 6.04 Å². The van der Waals surface area contributed by atoms with E-state index >= 15 is 0 Å². The fourth-order valence-electron chi connectivity index (χ4n) is 1.98. The Morgan fingerprint density at radius 3 is 2.79 bits per heavy atom. The Labute approximate surface area is 114 Å². The van der Waals surface area contributed by atoms with Crippen LogP contribution in [0.15, 0.2) is 18.2 Å². The van der Waals surface area contributed by atoms with E-state index in [9.17, 15) is 9.18 Å². The number of carbonyl (C=O) groups is 1. The Balaban J connectivity index is 2.88.